The standard InChI is InChI=1S/C17H20N4OS/c1-11-6-4-5-7-13(11)10-22-14-8-21(9-14)17-18-16-15(23-17)12(2)19-20(16)3/h4-7,14H,8-10H2,1-3H3. The molecule has 23 heavy (non-hydrogen) atoms. The highest BCUT2D eigenvalue weighted by Crippen LogP contribution is 2.33. The number of hydrogen-bond acceptors (Lipinski definition) is 5. The molecule has 0 radical (unpaired) electrons. The number of ether oxygens (including phenoxy) is 1. The fraction of sp³-hybridized carbons (Fsp3) is 0.412. The molecular weight excluding hydrogens is 308 g/mol. The molecule has 1 saturated heterocycles. The lowest BCUT2D eigenvalue weighted by atomic mass is 10.1. The molecule has 3 aromatic rings. The molecule has 4 rings (SSSR count). The number of benzene rings is 1. The molecule has 0 aliphatic carbocycles. The fourth-order valence-corrected chi connectivity index (χ4v) is 3.94. The molecule has 0 N–H and O–H groups in total. The zero-order chi connectivity index (χ0) is 16.0. The van der Waals surface area contributed by atoms with Gasteiger partial charge in [0.05, 0.1) is 23.1 Å². The molecule has 0 unspecified atom stereocenters. The van der Waals surface area contributed by atoms with Gasteiger partial charge in [0.15, 0.2) is 10.8 Å². The Morgan fingerprint density at radius 2 is 2.04 bits per heavy atom. The van der Waals surface area contributed by atoms with Gasteiger partial charge in [-0.25, -0.2) is 9.67 Å². The second-order valence-electron chi connectivity index (χ2n) is 6.12. The van der Waals surface area contributed by atoms with Gasteiger partial charge in [-0.1, -0.05) is 35.6 Å². The topological polar surface area (TPSA) is 43.2 Å². The van der Waals surface area contributed by atoms with Gasteiger partial charge < -0.3 is 9.64 Å². The molecule has 0 bridgehead atoms. The Kier molecular flexibility index (Phi) is 3.58. The van der Waals surface area contributed by atoms with Gasteiger partial charge in [-0.2, -0.15) is 5.10 Å². The molecule has 1 aliphatic heterocycles. The Morgan fingerprint density at radius 3 is 2.78 bits per heavy atom. The molecular formula is C17H20N4OS. The van der Waals surface area contributed by atoms with Crippen LogP contribution in [0.1, 0.15) is 16.8 Å². The molecule has 0 spiro atoms. The molecule has 3 heterocycles. The normalized spacial score (nSPS) is 15.3. The lowest BCUT2D eigenvalue weighted by Gasteiger charge is -2.38. The molecule has 1 fully saturated rings. The summed E-state index contributed by atoms with van der Waals surface area (Å²) in [6.07, 6.45) is 0.292. The summed E-state index contributed by atoms with van der Waals surface area (Å²) in [5, 5.41) is 5.48. The third kappa shape index (κ3) is 2.62. The molecule has 1 aromatic carbocycles. The van der Waals surface area contributed by atoms with E-state index in [0.29, 0.717) is 12.7 Å². The highest BCUT2D eigenvalue weighted by Gasteiger charge is 2.30. The quantitative estimate of drug-likeness (QED) is 0.738. The SMILES string of the molecule is Cc1ccccc1COC1CN(c2nc3c(s2)c(C)nn3C)C1. The van der Waals surface area contributed by atoms with E-state index in [-0.39, 0.29) is 0 Å². The van der Waals surface area contributed by atoms with E-state index in [1.807, 2.05) is 18.7 Å². The van der Waals surface area contributed by atoms with Crippen molar-refractivity contribution in [2.45, 2.75) is 26.6 Å². The van der Waals surface area contributed by atoms with E-state index >= 15 is 0 Å². The van der Waals surface area contributed by atoms with E-state index in [0.717, 1.165) is 29.6 Å². The first-order chi connectivity index (χ1) is 11.1. The van der Waals surface area contributed by atoms with Crippen molar-refractivity contribution < 1.29 is 4.74 Å². The van der Waals surface area contributed by atoms with Crippen LogP contribution in [0.2, 0.25) is 0 Å². The van der Waals surface area contributed by atoms with E-state index in [1.54, 1.807) is 11.3 Å². The summed E-state index contributed by atoms with van der Waals surface area (Å²) in [6.45, 7) is 6.68. The number of aromatic nitrogens is 3. The smallest absolute Gasteiger partial charge is 0.188 e. The monoisotopic (exact) mass is 328 g/mol. The van der Waals surface area contributed by atoms with E-state index < -0.39 is 0 Å². The minimum atomic E-state index is 0.292. The zero-order valence-electron chi connectivity index (χ0n) is 13.6. The summed E-state index contributed by atoms with van der Waals surface area (Å²) < 4.78 is 9.06. The number of fused-ring (bicyclic) bond motifs is 1. The Hall–Kier alpha value is -1.92. The van der Waals surface area contributed by atoms with Crippen molar-refractivity contribution in [3.05, 3.63) is 41.1 Å². The summed E-state index contributed by atoms with van der Waals surface area (Å²) in [6, 6.07) is 8.39. The van der Waals surface area contributed by atoms with E-state index in [1.165, 1.54) is 15.8 Å². The minimum Gasteiger partial charge on any atom is -0.370 e. The Labute approximate surface area is 139 Å². The van der Waals surface area contributed by atoms with Crippen molar-refractivity contribution >= 4 is 26.8 Å². The van der Waals surface area contributed by atoms with Crippen molar-refractivity contribution in [3.63, 3.8) is 0 Å². The third-order valence-corrected chi connectivity index (χ3v) is 5.60. The summed E-state index contributed by atoms with van der Waals surface area (Å²) in [7, 11) is 1.95. The summed E-state index contributed by atoms with van der Waals surface area (Å²) in [5.74, 6) is 0. The average molecular weight is 328 g/mol. The third-order valence-electron chi connectivity index (χ3n) is 4.39. The van der Waals surface area contributed by atoms with Crippen molar-refractivity contribution in [2.24, 2.45) is 7.05 Å². The van der Waals surface area contributed by atoms with Gasteiger partial charge in [0.25, 0.3) is 0 Å². The molecule has 0 atom stereocenters. The number of hydrogen-bond donors (Lipinski definition) is 0. The fourth-order valence-electron chi connectivity index (χ4n) is 2.89. The van der Waals surface area contributed by atoms with Gasteiger partial charge in [0.1, 0.15) is 0 Å². The predicted molar refractivity (Wildman–Crippen MR) is 93.1 cm³/mol. The highest BCUT2D eigenvalue weighted by molar-refractivity contribution is 7.22. The van der Waals surface area contributed by atoms with Gasteiger partial charge >= 0.3 is 0 Å². The predicted octanol–water partition coefficient (Wildman–Crippen LogP) is 3.05. The maximum Gasteiger partial charge on any atom is 0.188 e. The van der Waals surface area contributed by atoms with Crippen LogP contribution in [0.25, 0.3) is 10.3 Å². The maximum absolute atomic E-state index is 6.02. The van der Waals surface area contributed by atoms with Crippen LogP contribution in [0.5, 0.6) is 0 Å². The molecule has 2 aromatic heterocycles. The molecule has 0 saturated carbocycles. The molecule has 5 nitrogen and oxygen atoms in total. The van der Waals surface area contributed by atoms with Crippen LogP contribution in [0.3, 0.4) is 0 Å². The molecule has 1 aliphatic rings. The first kappa shape index (κ1) is 14.7. The molecule has 0 amide bonds. The molecule has 6 heteroatoms. The van der Waals surface area contributed by atoms with Gasteiger partial charge in [-0.15, -0.1) is 0 Å². The van der Waals surface area contributed by atoms with Gasteiger partial charge in [-0.3, -0.25) is 0 Å². The van der Waals surface area contributed by atoms with Crippen molar-refractivity contribution in [3.8, 4) is 0 Å². The van der Waals surface area contributed by atoms with Crippen LogP contribution in [-0.2, 0) is 18.4 Å². The number of rotatable bonds is 4. The van der Waals surface area contributed by atoms with E-state index in [2.05, 4.69) is 41.2 Å². The van der Waals surface area contributed by atoms with Gasteiger partial charge in [0, 0.05) is 20.1 Å². The molecule has 120 valence electrons. The van der Waals surface area contributed by atoms with Crippen LogP contribution in [-0.4, -0.2) is 34.0 Å². The van der Waals surface area contributed by atoms with Crippen molar-refractivity contribution in [2.75, 3.05) is 18.0 Å². The number of thiazole rings is 1. The summed E-state index contributed by atoms with van der Waals surface area (Å²) in [4.78, 5) is 7.00. The number of aryl methyl sites for hydroxylation is 3. The van der Waals surface area contributed by atoms with Crippen molar-refractivity contribution in [1.82, 2.24) is 14.8 Å². The second-order valence-corrected chi connectivity index (χ2v) is 7.10. The van der Waals surface area contributed by atoms with Gasteiger partial charge in [-0.05, 0) is 25.0 Å². The van der Waals surface area contributed by atoms with E-state index in [9.17, 15) is 0 Å². The van der Waals surface area contributed by atoms with Crippen LogP contribution in [0, 0.1) is 13.8 Å². The number of nitrogens with zero attached hydrogens (tertiary/aromatic N) is 4. The van der Waals surface area contributed by atoms with Crippen LogP contribution in [0.15, 0.2) is 24.3 Å². The first-order valence-electron chi connectivity index (χ1n) is 7.83. The van der Waals surface area contributed by atoms with Crippen LogP contribution in [0.4, 0.5) is 5.13 Å². The minimum absolute atomic E-state index is 0.292. The summed E-state index contributed by atoms with van der Waals surface area (Å²) >= 11 is 1.72. The summed E-state index contributed by atoms with van der Waals surface area (Å²) in [5.41, 5.74) is 4.59. The van der Waals surface area contributed by atoms with Crippen LogP contribution >= 0.6 is 11.3 Å². The zero-order valence-corrected chi connectivity index (χ0v) is 14.4. The Bertz CT molecular complexity index is 813. The Morgan fingerprint density at radius 1 is 1.26 bits per heavy atom. The number of anilines is 1. The lowest BCUT2D eigenvalue weighted by molar-refractivity contribution is 0.0222. The largest absolute Gasteiger partial charge is 0.370 e. The van der Waals surface area contributed by atoms with Gasteiger partial charge in [0.2, 0.25) is 0 Å². The van der Waals surface area contributed by atoms with Crippen molar-refractivity contribution in [1.29, 1.82) is 0 Å². The average Bonchev–Trinajstić information content (AvgIpc) is 3.02. The maximum atomic E-state index is 6.02. The lowest BCUT2D eigenvalue weighted by Crippen LogP contribution is -2.52. The van der Waals surface area contributed by atoms with E-state index in [4.69, 9.17) is 9.72 Å². The second kappa shape index (κ2) is 5.62. The Balaban J connectivity index is 1.37. The first-order valence-corrected chi connectivity index (χ1v) is 8.64. The highest BCUT2D eigenvalue weighted by atomic mass is 32.1. The van der Waals surface area contributed by atoms with Crippen LogP contribution < -0.4 is 4.90 Å².